The number of aromatic nitrogens is 1. The first kappa shape index (κ1) is 14.2. The second kappa shape index (κ2) is 6.82. The summed E-state index contributed by atoms with van der Waals surface area (Å²) in [6.45, 7) is 0.642. The molecule has 0 bridgehead atoms. The Morgan fingerprint density at radius 3 is 2.50 bits per heavy atom. The molecule has 4 heteroatoms. The monoisotopic (exact) mass is 269 g/mol. The van der Waals surface area contributed by atoms with Gasteiger partial charge < -0.3 is 10.6 Å². The number of benzene rings is 1. The first-order valence-electron chi connectivity index (χ1n) is 6.63. The summed E-state index contributed by atoms with van der Waals surface area (Å²) in [7, 11) is 1.78. The van der Waals surface area contributed by atoms with Crippen molar-refractivity contribution in [1.82, 2.24) is 9.88 Å². The Morgan fingerprint density at radius 2 is 1.85 bits per heavy atom. The van der Waals surface area contributed by atoms with Gasteiger partial charge in [0.25, 0.3) is 0 Å². The van der Waals surface area contributed by atoms with E-state index in [1.165, 1.54) is 0 Å². The van der Waals surface area contributed by atoms with E-state index in [9.17, 15) is 4.79 Å². The third-order valence-corrected chi connectivity index (χ3v) is 3.29. The molecule has 20 heavy (non-hydrogen) atoms. The Morgan fingerprint density at radius 1 is 1.20 bits per heavy atom. The first-order chi connectivity index (χ1) is 9.68. The molecule has 0 aliphatic carbocycles. The maximum absolute atomic E-state index is 12.3. The quantitative estimate of drug-likeness (QED) is 0.900. The molecule has 0 aliphatic heterocycles. The van der Waals surface area contributed by atoms with Crippen molar-refractivity contribution in [1.29, 1.82) is 0 Å². The van der Waals surface area contributed by atoms with E-state index in [-0.39, 0.29) is 5.91 Å². The van der Waals surface area contributed by atoms with Gasteiger partial charge in [-0.2, -0.15) is 0 Å². The van der Waals surface area contributed by atoms with Gasteiger partial charge in [-0.25, -0.2) is 0 Å². The summed E-state index contributed by atoms with van der Waals surface area (Å²) >= 11 is 0. The van der Waals surface area contributed by atoms with E-state index in [1.807, 2.05) is 42.5 Å². The number of amides is 1. The topological polar surface area (TPSA) is 59.2 Å². The molecule has 0 spiro atoms. The lowest BCUT2D eigenvalue weighted by Crippen LogP contribution is -2.37. The van der Waals surface area contributed by atoms with Gasteiger partial charge in [0, 0.05) is 26.0 Å². The lowest BCUT2D eigenvalue weighted by molar-refractivity contribution is -0.131. The summed E-state index contributed by atoms with van der Waals surface area (Å²) in [5, 5.41) is 0. The predicted molar refractivity (Wildman–Crippen MR) is 78.9 cm³/mol. The van der Waals surface area contributed by atoms with Crippen molar-refractivity contribution < 1.29 is 4.79 Å². The number of carbonyl (C=O) groups is 1. The van der Waals surface area contributed by atoms with Gasteiger partial charge in [-0.1, -0.05) is 30.3 Å². The Balaban J connectivity index is 1.92. The summed E-state index contributed by atoms with van der Waals surface area (Å²) in [4.78, 5) is 17.9. The van der Waals surface area contributed by atoms with Crippen LogP contribution in [0.25, 0.3) is 0 Å². The standard InChI is InChI=1S/C16H19N3O/c1-19(12-9-13-7-10-18-11-8-13)16(20)15(17)14-5-3-2-4-6-14/h2-8,10-11,15H,9,12,17H2,1H3/t15-/m0/s1. The van der Waals surface area contributed by atoms with Gasteiger partial charge in [0.05, 0.1) is 0 Å². The van der Waals surface area contributed by atoms with Gasteiger partial charge in [0.1, 0.15) is 6.04 Å². The summed E-state index contributed by atoms with van der Waals surface area (Å²) < 4.78 is 0. The number of nitrogens with two attached hydrogens (primary N) is 1. The van der Waals surface area contributed by atoms with Crippen molar-refractivity contribution in [3.8, 4) is 0 Å². The summed E-state index contributed by atoms with van der Waals surface area (Å²) in [6.07, 6.45) is 4.31. The van der Waals surface area contributed by atoms with Crippen LogP contribution < -0.4 is 5.73 Å². The molecule has 1 aromatic carbocycles. The van der Waals surface area contributed by atoms with Crippen molar-refractivity contribution >= 4 is 5.91 Å². The number of likely N-dealkylation sites (N-methyl/N-ethyl adjacent to an activating group) is 1. The third kappa shape index (κ3) is 3.65. The molecule has 0 radical (unpaired) electrons. The maximum Gasteiger partial charge on any atom is 0.243 e. The normalized spacial score (nSPS) is 11.9. The Kier molecular flexibility index (Phi) is 4.85. The SMILES string of the molecule is CN(CCc1ccncc1)C(=O)[C@@H](N)c1ccccc1. The Labute approximate surface area is 119 Å². The van der Waals surface area contributed by atoms with Crippen LogP contribution in [0.15, 0.2) is 54.9 Å². The van der Waals surface area contributed by atoms with Crippen LogP contribution in [0.4, 0.5) is 0 Å². The van der Waals surface area contributed by atoms with E-state index in [1.54, 1.807) is 24.3 Å². The molecule has 1 atom stereocenters. The zero-order chi connectivity index (χ0) is 14.4. The van der Waals surface area contributed by atoms with Crippen LogP contribution in [-0.4, -0.2) is 29.4 Å². The fourth-order valence-corrected chi connectivity index (χ4v) is 2.00. The molecule has 1 aromatic heterocycles. The van der Waals surface area contributed by atoms with Crippen LogP contribution in [0, 0.1) is 0 Å². The summed E-state index contributed by atoms with van der Waals surface area (Å²) in [6, 6.07) is 12.7. The van der Waals surface area contributed by atoms with Crippen LogP contribution in [-0.2, 0) is 11.2 Å². The first-order valence-corrected chi connectivity index (χ1v) is 6.63. The second-order valence-corrected chi connectivity index (χ2v) is 4.75. The average Bonchev–Trinajstić information content (AvgIpc) is 2.53. The smallest absolute Gasteiger partial charge is 0.243 e. The molecule has 2 rings (SSSR count). The minimum Gasteiger partial charge on any atom is -0.344 e. The Bertz CT molecular complexity index is 542. The molecule has 0 unspecified atom stereocenters. The van der Waals surface area contributed by atoms with Crippen molar-refractivity contribution in [2.24, 2.45) is 5.73 Å². The van der Waals surface area contributed by atoms with Gasteiger partial charge in [-0.15, -0.1) is 0 Å². The number of carbonyl (C=O) groups excluding carboxylic acids is 1. The van der Waals surface area contributed by atoms with Gasteiger partial charge in [0.2, 0.25) is 5.91 Å². The van der Waals surface area contributed by atoms with Crippen LogP contribution in [0.5, 0.6) is 0 Å². The van der Waals surface area contributed by atoms with Gasteiger partial charge >= 0.3 is 0 Å². The summed E-state index contributed by atoms with van der Waals surface area (Å²) in [5.74, 6) is -0.0646. The van der Waals surface area contributed by atoms with E-state index < -0.39 is 6.04 Å². The molecule has 2 N–H and O–H groups in total. The van der Waals surface area contributed by atoms with E-state index in [4.69, 9.17) is 5.73 Å². The minimum absolute atomic E-state index is 0.0646. The molecule has 1 heterocycles. The van der Waals surface area contributed by atoms with Crippen molar-refractivity contribution in [3.05, 3.63) is 66.0 Å². The van der Waals surface area contributed by atoms with Crippen LogP contribution in [0.3, 0.4) is 0 Å². The highest BCUT2D eigenvalue weighted by molar-refractivity contribution is 5.82. The highest BCUT2D eigenvalue weighted by atomic mass is 16.2. The summed E-state index contributed by atoms with van der Waals surface area (Å²) in [5.41, 5.74) is 8.01. The van der Waals surface area contributed by atoms with Crippen molar-refractivity contribution in [2.45, 2.75) is 12.5 Å². The van der Waals surface area contributed by atoms with Crippen molar-refractivity contribution in [2.75, 3.05) is 13.6 Å². The van der Waals surface area contributed by atoms with E-state index in [0.717, 1.165) is 17.5 Å². The number of nitrogens with zero attached hydrogens (tertiary/aromatic N) is 2. The number of hydrogen-bond acceptors (Lipinski definition) is 3. The van der Waals surface area contributed by atoms with E-state index in [2.05, 4.69) is 4.98 Å². The average molecular weight is 269 g/mol. The highest BCUT2D eigenvalue weighted by Crippen LogP contribution is 2.12. The number of rotatable bonds is 5. The van der Waals surface area contributed by atoms with Crippen LogP contribution >= 0.6 is 0 Å². The molecule has 0 fully saturated rings. The third-order valence-electron chi connectivity index (χ3n) is 3.29. The van der Waals surface area contributed by atoms with Crippen LogP contribution in [0.1, 0.15) is 17.2 Å². The van der Waals surface area contributed by atoms with Gasteiger partial charge in [-0.05, 0) is 29.7 Å². The predicted octanol–water partition coefficient (Wildman–Crippen LogP) is 1.78. The number of pyridine rings is 1. The van der Waals surface area contributed by atoms with Gasteiger partial charge in [0.15, 0.2) is 0 Å². The fraction of sp³-hybridized carbons (Fsp3) is 0.250. The molecule has 4 nitrogen and oxygen atoms in total. The zero-order valence-corrected chi connectivity index (χ0v) is 11.6. The lowest BCUT2D eigenvalue weighted by atomic mass is 10.1. The lowest BCUT2D eigenvalue weighted by Gasteiger charge is -2.21. The van der Waals surface area contributed by atoms with E-state index >= 15 is 0 Å². The van der Waals surface area contributed by atoms with Gasteiger partial charge in [-0.3, -0.25) is 9.78 Å². The fourth-order valence-electron chi connectivity index (χ4n) is 2.00. The maximum atomic E-state index is 12.3. The highest BCUT2D eigenvalue weighted by Gasteiger charge is 2.19. The zero-order valence-electron chi connectivity index (χ0n) is 11.6. The molecule has 104 valence electrons. The molecular formula is C16H19N3O. The van der Waals surface area contributed by atoms with Crippen molar-refractivity contribution in [3.63, 3.8) is 0 Å². The van der Waals surface area contributed by atoms with Crippen LogP contribution in [0.2, 0.25) is 0 Å². The molecule has 2 aromatic rings. The largest absolute Gasteiger partial charge is 0.344 e. The minimum atomic E-state index is -0.598. The molecule has 0 aliphatic rings. The number of hydrogen-bond donors (Lipinski definition) is 1. The molecule has 1 amide bonds. The molecule has 0 saturated heterocycles. The molecular weight excluding hydrogens is 250 g/mol. The Hall–Kier alpha value is -2.20. The second-order valence-electron chi connectivity index (χ2n) is 4.75. The van der Waals surface area contributed by atoms with E-state index in [0.29, 0.717) is 6.54 Å². The molecule has 0 saturated carbocycles.